The quantitative estimate of drug-likeness (QED) is 0.645. The molecule has 0 radical (unpaired) electrons. The molecule has 0 fully saturated rings. The van der Waals surface area contributed by atoms with Crippen molar-refractivity contribution in [2.24, 2.45) is 11.8 Å². The van der Waals surface area contributed by atoms with E-state index in [0.717, 1.165) is 0 Å². The fourth-order valence-corrected chi connectivity index (χ4v) is 1.06. The van der Waals surface area contributed by atoms with E-state index >= 15 is 0 Å². The van der Waals surface area contributed by atoms with Crippen LogP contribution in [0, 0.1) is 11.8 Å². The molecular weight excluding hydrogens is 184 g/mol. The fraction of sp³-hybridized carbons (Fsp3) is 0.200. The van der Waals surface area contributed by atoms with Crippen molar-refractivity contribution in [3.63, 3.8) is 0 Å². The lowest BCUT2D eigenvalue weighted by Crippen LogP contribution is -2.12. The largest absolute Gasteiger partial charge is 0.481 e. The third-order valence-corrected chi connectivity index (χ3v) is 1.84. The summed E-state index contributed by atoms with van der Waals surface area (Å²) in [4.78, 5) is 21.2. The molecule has 0 saturated heterocycles. The van der Waals surface area contributed by atoms with Gasteiger partial charge in [0.05, 0.1) is 11.8 Å². The van der Waals surface area contributed by atoms with Crippen molar-refractivity contribution in [2.75, 3.05) is 0 Å². The molecule has 0 aromatic rings. The Morgan fingerprint density at radius 1 is 0.786 bits per heavy atom. The van der Waals surface area contributed by atoms with Gasteiger partial charge < -0.3 is 10.2 Å². The van der Waals surface area contributed by atoms with E-state index in [1.165, 1.54) is 36.5 Å². The summed E-state index contributed by atoms with van der Waals surface area (Å²) in [6, 6.07) is 0. The molecule has 0 unspecified atom stereocenters. The third kappa shape index (κ3) is 2.58. The Kier molecular flexibility index (Phi) is 3.23. The van der Waals surface area contributed by atoms with Crippen LogP contribution in [0.25, 0.3) is 0 Å². The highest BCUT2D eigenvalue weighted by molar-refractivity contribution is 5.77. The van der Waals surface area contributed by atoms with Gasteiger partial charge in [-0.2, -0.15) is 0 Å². The van der Waals surface area contributed by atoms with Crippen molar-refractivity contribution in [1.82, 2.24) is 0 Å². The minimum absolute atomic E-state index is 0.748. The van der Waals surface area contributed by atoms with E-state index in [-0.39, 0.29) is 0 Å². The predicted octanol–water partition coefficient (Wildman–Crippen LogP) is 1.07. The van der Waals surface area contributed by atoms with Crippen LogP contribution in [0.5, 0.6) is 0 Å². The lowest BCUT2D eigenvalue weighted by Gasteiger charge is -2.05. The van der Waals surface area contributed by atoms with Crippen molar-refractivity contribution >= 4 is 11.9 Å². The Morgan fingerprint density at radius 3 is 1.43 bits per heavy atom. The smallest absolute Gasteiger partial charge is 0.314 e. The Labute approximate surface area is 80.9 Å². The maximum Gasteiger partial charge on any atom is 0.314 e. The summed E-state index contributed by atoms with van der Waals surface area (Å²) < 4.78 is 0. The number of rotatable bonds is 2. The van der Waals surface area contributed by atoms with E-state index in [0.29, 0.717) is 0 Å². The second-order valence-corrected chi connectivity index (χ2v) is 2.88. The van der Waals surface area contributed by atoms with E-state index in [4.69, 9.17) is 10.2 Å². The number of carboxylic acid groups (broad SMARTS) is 2. The van der Waals surface area contributed by atoms with Gasteiger partial charge in [-0.1, -0.05) is 36.5 Å². The van der Waals surface area contributed by atoms with Crippen molar-refractivity contribution in [3.8, 4) is 0 Å². The van der Waals surface area contributed by atoms with E-state index in [1.807, 2.05) is 0 Å². The summed E-state index contributed by atoms with van der Waals surface area (Å²) in [6.07, 6.45) is 8.82. The predicted molar refractivity (Wildman–Crippen MR) is 49.7 cm³/mol. The van der Waals surface area contributed by atoms with Crippen LogP contribution in [0.4, 0.5) is 0 Å². The molecule has 1 aliphatic rings. The minimum Gasteiger partial charge on any atom is -0.481 e. The summed E-state index contributed by atoms with van der Waals surface area (Å²) in [6.45, 7) is 0. The van der Waals surface area contributed by atoms with Crippen LogP contribution in [-0.2, 0) is 9.59 Å². The zero-order valence-electron chi connectivity index (χ0n) is 7.33. The van der Waals surface area contributed by atoms with Gasteiger partial charge in [-0.3, -0.25) is 9.59 Å². The maximum absolute atomic E-state index is 10.6. The number of hydrogen-bond donors (Lipinski definition) is 2. The molecule has 0 aromatic carbocycles. The van der Waals surface area contributed by atoms with Gasteiger partial charge in [0.1, 0.15) is 0 Å². The molecule has 2 atom stereocenters. The van der Waals surface area contributed by atoms with Gasteiger partial charge in [-0.05, 0) is 0 Å². The summed E-state index contributed by atoms with van der Waals surface area (Å²) in [5, 5.41) is 17.4. The molecule has 74 valence electrons. The van der Waals surface area contributed by atoms with Crippen LogP contribution in [0.1, 0.15) is 0 Å². The van der Waals surface area contributed by atoms with E-state index in [2.05, 4.69) is 0 Å². The molecule has 0 amide bonds. The Morgan fingerprint density at radius 2 is 1.14 bits per heavy atom. The van der Waals surface area contributed by atoms with Crippen molar-refractivity contribution in [1.29, 1.82) is 0 Å². The topological polar surface area (TPSA) is 74.6 Å². The highest BCUT2D eigenvalue weighted by Crippen LogP contribution is 2.10. The highest BCUT2D eigenvalue weighted by atomic mass is 16.4. The lowest BCUT2D eigenvalue weighted by atomic mass is 10.0. The van der Waals surface area contributed by atoms with Crippen molar-refractivity contribution < 1.29 is 19.8 Å². The van der Waals surface area contributed by atoms with Crippen molar-refractivity contribution in [3.05, 3.63) is 36.5 Å². The first kappa shape index (κ1) is 10.2. The van der Waals surface area contributed by atoms with Gasteiger partial charge in [0.2, 0.25) is 0 Å². The first-order chi connectivity index (χ1) is 6.61. The average Bonchev–Trinajstić information content (AvgIpc) is 2.01. The Hall–Kier alpha value is -1.84. The van der Waals surface area contributed by atoms with E-state index in [1.54, 1.807) is 0 Å². The monoisotopic (exact) mass is 194 g/mol. The summed E-state index contributed by atoms with van der Waals surface area (Å²) in [7, 11) is 0. The van der Waals surface area contributed by atoms with Gasteiger partial charge in [-0.25, -0.2) is 0 Å². The molecule has 0 heterocycles. The maximum atomic E-state index is 10.6. The zero-order valence-corrected chi connectivity index (χ0v) is 7.33. The molecule has 0 bridgehead atoms. The number of carboxylic acids is 2. The first-order valence-corrected chi connectivity index (χ1v) is 4.10. The van der Waals surface area contributed by atoms with Gasteiger partial charge in [0.25, 0.3) is 0 Å². The van der Waals surface area contributed by atoms with Crippen molar-refractivity contribution in [2.45, 2.75) is 0 Å². The Bertz CT molecular complexity index is 293. The van der Waals surface area contributed by atoms with Crippen LogP contribution in [-0.4, -0.2) is 22.2 Å². The number of hydrogen-bond acceptors (Lipinski definition) is 2. The van der Waals surface area contributed by atoms with Crippen LogP contribution in [0.3, 0.4) is 0 Å². The average molecular weight is 194 g/mol. The molecule has 4 nitrogen and oxygen atoms in total. The molecule has 0 aliphatic heterocycles. The highest BCUT2D eigenvalue weighted by Gasteiger charge is 2.14. The first-order valence-electron chi connectivity index (χ1n) is 4.10. The van der Waals surface area contributed by atoms with Gasteiger partial charge >= 0.3 is 11.9 Å². The molecule has 0 aromatic heterocycles. The van der Waals surface area contributed by atoms with Crippen LogP contribution >= 0.6 is 0 Å². The van der Waals surface area contributed by atoms with Gasteiger partial charge in [0.15, 0.2) is 0 Å². The third-order valence-electron chi connectivity index (χ3n) is 1.84. The van der Waals surface area contributed by atoms with Gasteiger partial charge in [0, 0.05) is 0 Å². The lowest BCUT2D eigenvalue weighted by molar-refractivity contribution is -0.140. The second kappa shape index (κ2) is 4.41. The molecule has 14 heavy (non-hydrogen) atoms. The normalized spacial score (nSPS) is 25.4. The van der Waals surface area contributed by atoms with E-state index < -0.39 is 23.8 Å². The van der Waals surface area contributed by atoms with Crippen LogP contribution < -0.4 is 0 Å². The minimum atomic E-state index is -0.989. The van der Waals surface area contributed by atoms with E-state index in [9.17, 15) is 9.59 Å². The summed E-state index contributed by atoms with van der Waals surface area (Å²) >= 11 is 0. The summed E-state index contributed by atoms with van der Waals surface area (Å²) in [5.74, 6) is -3.47. The Balaban J connectivity index is 2.88. The number of aliphatic carboxylic acids is 2. The second-order valence-electron chi connectivity index (χ2n) is 2.88. The van der Waals surface area contributed by atoms with Crippen LogP contribution in [0.15, 0.2) is 36.5 Å². The molecule has 0 saturated carbocycles. The number of carbonyl (C=O) groups is 2. The standard InChI is InChI=1S/C10H10O4/c11-9(12)7-3-1-2-4-8(6-5-7)10(13)14/h1-8H,(H,11,12)(H,13,14)/t7-,8-/m1/s1. The zero-order chi connectivity index (χ0) is 10.6. The molecule has 0 spiro atoms. The summed E-state index contributed by atoms with van der Waals surface area (Å²) in [5.41, 5.74) is 0. The molecule has 2 N–H and O–H groups in total. The number of allylic oxidation sites excluding steroid dienone is 2. The van der Waals surface area contributed by atoms with Gasteiger partial charge in [-0.15, -0.1) is 0 Å². The molecular formula is C10H10O4. The molecule has 4 heteroatoms. The molecule has 1 rings (SSSR count). The fourth-order valence-electron chi connectivity index (χ4n) is 1.06. The molecule has 1 aliphatic carbocycles. The van der Waals surface area contributed by atoms with Crippen LogP contribution in [0.2, 0.25) is 0 Å². The SMILES string of the molecule is O=C(O)[C@@H]1C=CC=C[C@@H](C(=O)O)C=C1.